The number of pyridine rings is 1. The van der Waals surface area contributed by atoms with Gasteiger partial charge >= 0.3 is 0 Å². The first-order chi connectivity index (χ1) is 9.15. The third-order valence-electron chi connectivity index (χ3n) is 2.70. The summed E-state index contributed by atoms with van der Waals surface area (Å²) < 4.78 is 2.97. The van der Waals surface area contributed by atoms with Crippen molar-refractivity contribution < 1.29 is 0 Å². The lowest BCUT2D eigenvalue weighted by Gasteiger charge is -2.04. The van der Waals surface area contributed by atoms with Crippen LogP contribution in [0.1, 0.15) is 5.69 Å². The van der Waals surface area contributed by atoms with Gasteiger partial charge in [-0.05, 0) is 34.7 Å². The van der Waals surface area contributed by atoms with Crippen molar-refractivity contribution in [2.75, 3.05) is 5.73 Å². The van der Waals surface area contributed by atoms with Crippen LogP contribution in [0.2, 0.25) is 5.15 Å². The molecule has 0 aliphatic heterocycles. The average Bonchev–Trinajstić information content (AvgIpc) is 2.67. The van der Waals surface area contributed by atoms with Gasteiger partial charge in [-0.3, -0.25) is 4.98 Å². The molecule has 0 spiro atoms. The van der Waals surface area contributed by atoms with Crippen molar-refractivity contribution in [1.82, 2.24) is 19.5 Å². The lowest BCUT2D eigenvalue weighted by Crippen LogP contribution is -2.03. The van der Waals surface area contributed by atoms with E-state index >= 15 is 0 Å². The van der Waals surface area contributed by atoms with E-state index in [0.29, 0.717) is 11.7 Å². The highest BCUT2D eigenvalue weighted by Crippen LogP contribution is 2.28. The van der Waals surface area contributed by atoms with Gasteiger partial charge in [-0.1, -0.05) is 17.7 Å². The number of fused-ring (bicyclic) bond motifs is 1. The minimum atomic E-state index is 0.175. The minimum Gasteiger partial charge on any atom is -0.368 e. The van der Waals surface area contributed by atoms with Crippen molar-refractivity contribution in [3.05, 3.63) is 45.0 Å². The summed E-state index contributed by atoms with van der Waals surface area (Å²) in [4.78, 5) is 12.6. The molecule has 0 fully saturated rings. The van der Waals surface area contributed by atoms with Crippen LogP contribution in [0.3, 0.4) is 0 Å². The van der Waals surface area contributed by atoms with Gasteiger partial charge in [-0.2, -0.15) is 4.98 Å². The molecule has 0 atom stereocenters. The maximum absolute atomic E-state index is 6.12. The number of aromatic nitrogens is 4. The monoisotopic (exact) mass is 385 g/mol. The van der Waals surface area contributed by atoms with Gasteiger partial charge in [0, 0.05) is 16.0 Å². The largest absolute Gasteiger partial charge is 0.368 e. The molecular weight excluding hydrogens is 377 g/mol. The number of anilines is 1. The van der Waals surface area contributed by atoms with E-state index in [9.17, 15) is 0 Å². The van der Waals surface area contributed by atoms with Crippen molar-refractivity contribution in [2.45, 2.75) is 6.54 Å². The highest BCUT2D eigenvalue weighted by Gasteiger charge is 2.14. The van der Waals surface area contributed by atoms with Crippen LogP contribution in [-0.4, -0.2) is 19.5 Å². The van der Waals surface area contributed by atoms with Crippen LogP contribution < -0.4 is 5.73 Å². The maximum Gasteiger partial charge on any atom is 0.223 e. The van der Waals surface area contributed by atoms with Crippen molar-refractivity contribution >= 4 is 51.2 Å². The molecule has 3 heterocycles. The maximum atomic E-state index is 6.12. The summed E-state index contributed by atoms with van der Waals surface area (Å²) in [5.74, 6) is 0.175. The smallest absolute Gasteiger partial charge is 0.223 e. The molecule has 0 unspecified atom stereocenters. The Bertz CT molecular complexity index is 741. The average molecular weight is 386 g/mol. The van der Waals surface area contributed by atoms with Gasteiger partial charge in [0.05, 0.1) is 17.6 Å². The Hall–Kier alpha value is -1.41. The summed E-state index contributed by atoms with van der Waals surface area (Å²) in [6.45, 7) is 0.618. The molecule has 0 saturated carbocycles. The predicted octanol–water partition coefficient (Wildman–Crippen LogP) is 2.71. The molecule has 0 radical (unpaired) electrons. The molecule has 3 rings (SSSR count). The van der Waals surface area contributed by atoms with E-state index in [1.165, 1.54) is 0 Å². The van der Waals surface area contributed by atoms with E-state index in [1.807, 2.05) is 29.0 Å². The molecule has 96 valence electrons. The van der Waals surface area contributed by atoms with Crippen LogP contribution in [0.5, 0.6) is 0 Å². The highest BCUT2D eigenvalue weighted by molar-refractivity contribution is 14.1. The van der Waals surface area contributed by atoms with Crippen molar-refractivity contribution in [1.29, 1.82) is 0 Å². The summed E-state index contributed by atoms with van der Waals surface area (Å²) in [7, 11) is 0. The zero-order valence-corrected chi connectivity index (χ0v) is 12.6. The summed E-state index contributed by atoms with van der Waals surface area (Å²) in [5, 5.41) is 1.21. The lowest BCUT2D eigenvalue weighted by atomic mass is 10.3. The first-order valence-corrected chi connectivity index (χ1v) is 6.98. The molecule has 19 heavy (non-hydrogen) atoms. The fraction of sp³-hybridized carbons (Fsp3) is 0.0833. The van der Waals surface area contributed by atoms with E-state index in [4.69, 9.17) is 17.3 Å². The second-order valence-corrected chi connectivity index (χ2v) is 5.52. The Morgan fingerprint density at radius 3 is 2.89 bits per heavy atom. The molecule has 0 aromatic carbocycles. The lowest BCUT2D eigenvalue weighted by molar-refractivity contribution is 0.796. The van der Waals surface area contributed by atoms with Gasteiger partial charge in [0.25, 0.3) is 0 Å². The van der Waals surface area contributed by atoms with Crippen LogP contribution in [0, 0.1) is 3.57 Å². The van der Waals surface area contributed by atoms with E-state index in [2.05, 4.69) is 37.5 Å². The topological polar surface area (TPSA) is 69.6 Å². The first-order valence-electron chi connectivity index (χ1n) is 5.52. The molecule has 3 aromatic heterocycles. The third-order valence-corrected chi connectivity index (χ3v) is 3.79. The number of hydrogen-bond acceptors (Lipinski definition) is 4. The first kappa shape index (κ1) is 12.6. The molecule has 0 saturated heterocycles. The minimum absolute atomic E-state index is 0.175. The van der Waals surface area contributed by atoms with Crippen molar-refractivity contribution in [2.24, 2.45) is 0 Å². The Balaban J connectivity index is 2.14. The SMILES string of the molecule is Nc1nc(Cl)c2c(I)cn(Cc3ccccn3)c2n1. The molecule has 0 amide bonds. The Morgan fingerprint density at radius 1 is 1.32 bits per heavy atom. The van der Waals surface area contributed by atoms with Gasteiger partial charge in [0.15, 0.2) is 0 Å². The fourth-order valence-electron chi connectivity index (χ4n) is 1.90. The second kappa shape index (κ2) is 4.93. The second-order valence-electron chi connectivity index (χ2n) is 4.00. The van der Waals surface area contributed by atoms with Gasteiger partial charge in [0.2, 0.25) is 5.95 Å². The fourth-order valence-corrected chi connectivity index (χ4v) is 3.17. The number of nitrogens with two attached hydrogens (primary N) is 1. The van der Waals surface area contributed by atoms with Crippen molar-refractivity contribution in [3.63, 3.8) is 0 Å². The molecule has 7 heteroatoms. The number of nitrogens with zero attached hydrogens (tertiary/aromatic N) is 4. The number of halogens is 2. The van der Waals surface area contributed by atoms with E-state index in [-0.39, 0.29) is 5.95 Å². The molecule has 2 N–H and O–H groups in total. The Morgan fingerprint density at radius 2 is 2.16 bits per heavy atom. The summed E-state index contributed by atoms with van der Waals surface area (Å²) in [5.41, 5.74) is 7.34. The quantitative estimate of drug-likeness (QED) is 0.544. The van der Waals surface area contributed by atoms with Crippen LogP contribution >= 0.6 is 34.2 Å². The van der Waals surface area contributed by atoms with Crippen LogP contribution in [0.4, 0.5) is 5.95 Å². The molecular formula is C12H9ClIN5. The van der Waals surface area contributed by atoms with Crippen LogP contribution in [-0.2, 0) is 6.54 Å². The Kier molecular flexibility index (Phi) is 3.28. The molecule has 0 aliphatic carbocycles. The molecule has 0 aliphatic rings. The molecule has 5 nitrogen and oxygen atoms in total. The van der Waals surface area contributed by atoms with E-state index in [0.717, 1.165) is 20.3 Å². The number of rotatable bonds is 2. The standard InChI is InChI=1S/C12H9ClIN5/c13-10-9-8(14)6-19(11(9)18-12(15)17-10)5-7-3-1-2-4-16-7/h1-4,6H,5H2,(H2,15,17,18). The molecule has 0 bridgehead atoms. The number of hydrogen-bond donors (Lipinski definition) is 1. The highest BCUT2D eigenvalue weighted by atomic mass is 127. The zero-order valence-electron chi connectivity index (χ0n) is 9.72. The molecule has 3 aromatic rings. The van der Waals surface area contributed by atoms with Crippen molar-refractivity contribution in [3.8, 4) is 0 Å². The van der Waals surface area contributed by atoms with E-state index in [1.54, 1.807) is 6.20 Å². The van der Waals surface area contributed by atoms with E-state index < -0.39 is 0 Å². The van der Waals surface area contributed by atoms with Crippen LogP contribution in [0.15, 0.2) is 30.6 Å². The van der Waals surface area contributed by atoms with Gasteiger partial charge in [-0.25, -0.2) is 4.98 Å². The zero-order chi connectivity index (χ0) is 13.4. The summed E-state index contributed by atoms with van der Waals surface area (Å²) in [6, 6.07) is 5.80. The number of nitrogen functional groups attached to an aromatic ring is 1. The summed E-state index contributed by atoms with van der Waals surface area (Å²) in [6.07, 6.45) is 3.74. The van der Waals surface area contributed by atoms with Gasteiger partial charge in [-0.15, -0.1) is 0 Å². The normalized spacial score (nSPS) is 11.1. The van der Waals surface area contributed by atoms with Gasteiger partial charge in [0.1, 0.15) is 10.8 Å². The van der Waals surface area contributed by atoms with Crippen LogP contribution in [0.25, 0.3) is 11.0 Å². The van der Waals surface area contributed by atoms with Gasteiger partial charge < -0.3 is 10.3 Å². The third kappa shape index (κ3) is 2.37. The predicted molar refractivity (Wildman–Crippen MR) is 83.0 cm³/mol. The Labute approximate surface area is 128 Å². The summed E-state index contributed by atoms with van der Waals surface area (Å²) >= 11 is 8.33.